The van der Waals surface area contributed by atoms with Crippen LogP contribution in [0.3, 0.4) is 0 Å². The number of anilines is 1. The zero-order valence-electron chi connectivity index (χ0n) is 18.4. The Kier molecular flexibility index (Phi) is 6.12. The van der Waals surface area contributed by atoms with Gasteiger partial charge in [-0.1, -0.05) is 30.3 Å². The number of hydrogen-bond donors (Lipinski definition) is 1. The highest BCUT2D eigenvalue weighted by Crippen LogP contribution is 2.42. The highest BCUT2D eigenvalue weighted by molar-refractivity contribution is 6.04. The third-order valence-corrected chi connectivity index (χ3v) is 5.75. The van der Waals surface area contributed by atoms with E-state index in [1.807, 2.05) is 73.7 Å². The second-order valence-electron chi connectivity index (χ2n) is 7.65. The third-order valence-electron chi connectivity index (χ3n) is 5.75. The van der Waals surface area contributed by atoms with Crippen molar-refractivity contribution in [2.45, 2.75) is 18.9 Å². The molecule has 6 heteroatoms. The Balaban J connectivity index is 1.72. The molecule has 3 aromatic carbocycles. The molecule has 2 amide bonds. The summed E-state index contributed by atoms with van der Waals surface area (Å²) < 4.78 is 10.8. The summed E-state index contributed by atoms with van der Waals surface area (Å²) >= 11 is 0. The Labute approximate surface area is 187 Å². The molecule has 4 rings (SSSR count). The molecule has 1 N–H and O–H groups in total. The number of hydrogen-bond acceptors (Lipinski definition) is 4. The van der Waals surface area contributed by atoms with Crippen molar-refractivity contribution in [3.63, 3.8) is 0 Å². The van der Waals surface area contributed by atoms with Gasteiger partial charge in [-0.25, -0.2) is 0 Å². The average Bonchev–Trinajstić information content (AvgIpc) is 2.82. The predicted octanol–water partition coefficient (Wildman–Crippen LogP) is 4.64. The van der Waals surface area contributed by atoms with Crippen LogP contribution in [0.15, 0.2) is 72.8 Å². The maximum Gasteiger partial charge on any atom is 0.254 e. The fourth-order valence-electron chi connectivity index (χ4n) is 4.20. The second kappa shape index (κ2) is 9.14. The number of nitrogens with zero attached hydrogens (tertiary/aromatic N) is 1. The quantitative estimate of drug-likeness (QED) is 0.619. The van der Waals surface area contributed by atoms with Crippen LogP contribution in [0.25, 0.3) is 0 Å². The summed E-state index contributed by atoms with van der Waals surface area (Å²) in [6, 6.07) is 21.6. The molecule has 0 saturated carbocycles. The van der Waals surface area contributed by atoms with Crippen LogP contribution in [0.4, 0.5) is 5.69 Å². The first-order valence-corrected chi connectivity index (χ1v) is 10.6. The van der Waals surface area contributed by atoms with Crippen LogP contribution in [0.1, 0.15) is 40.4 Å². The molecule has 1 aliphatic rings. The van der Waals surface area contributed by atoms with Gasteiger partial charge < -0.3 is 19.7 Å². The zero-order chi connectivity index (χ0) is 22.7. The largest absolute Gasteiger partial charge is 0.497 e. The first-order valence-electron chi connectivity index (χ1n) is 10.6. The van der Waals surface area contributed by atoms with Crippen molar-refractivity contribution < 1.29 is 19.1 Å². The molecule has 0 unspecified atom stereocenters. The van der Waals surface area contributed by atoms with Crippen LogP contribution in [0.5, 0.6) is 11.5 Å². The minimum Gasteiger partial charge on any atom is -0.497 e. The summed E-state index contributed by atoms with van der Waals surface area (Å²) in [4.78, 5) is 28.3. The number of carbonyl (C=O) groups excluding carboxylic acids is 2. The fraction of sp³-hybridized carbons (Fsp3) is 0.231. The molecule has 0 spiro atoms. The molecule has 6 nitrogen and oxygen atoms in total. The lowest BCUT2D eigenvalue weighted by Crippen LogP contribution is -2.44. The zero-order valence-corrected chi connectivity index (χ0v) is 18.4. The molecule has 2 atom stereocenters. The number of methoxy groups -OCH3 is 1. The minimum atomic E-state index is -0.575. The molecule has 1 heterocycles. The topological polar surface area (TPSA) is 67.9 Å². The van der Waals surface area contributed by atoms with Crippen molar-refractivity contribution in [2.75, 3.05) is 26.1 Å². The van der Waals surface area contributed by atoms with Crippen LogP contribution in [0.2, 0.25) is 0 Å². The summed E-state index contributed by atoms with van der Waals surface area (Å²) in [5, 5.41) is 3.02. The van der Waals surface area contributed by atoms with Gasteiger partial charge in [0.05, 0.1) is 25.7 Å². The van der Waals surface area contributed by atoms with Gasteiger partial charge in [-0.3, -0.25) is 9.59 Å². The monoisotopic (exact) mass is 430 g/mol. The van der Waals surface area contributed by atoms with E-state index in [0.717, 1.165) is 16.9 Å². The lowest BCUT2D eigenvalue weighted by molar-refractivity contribution is -0.119. The Bertz CT molecular complexity index is 1110. The van der Waals surface area contributed by atoms with Gasteiger partial charge in [-0.05, 0) is 60.5 Å². The van der Waals surface area contributed by atoms with Gasteiger partial charge in [0.15, 0.2) is 0 Å². The van der Waals surface area contributed by atoms with Gasteiger partial charge in [0.2, 0.25) is 5.91 Å². The first kappa shape index (κ1) is 21.4. The number of benzene rings is 3. The van der Waals surface area contributed by atoms with Crippen molar-refractivity contribution in [3.05, 3.63) is 89.5 Å². The van der Waals surface area contributed by atoms with Crippen molar-refractivity contribution >= 4 is 17.5 Å². The Morgan fingerprint density at radius 1 is 0.969 bits per heavy atom. The maximum atomic E-state index is 13.6. The lowest BCUT2D eigenvalue weighted by atomic mass is 9.79. The van der Waals surface area contributed by atoms with Gasteiger partial charge in [0.25, 0.3) is 5.91 Å². The van der Waals surface area contributed by atoms with Crippen molar-refractivity contribution in [3.8, 4) is 11.5 Å². The fourth-order valence-corrected chi connectivity index (χ4v) is 4.20. The van der Waals surface area contributed by atoms with Crippen LogP contribution >= 0.6 is 0 Å². The molecule has 3 aromatic rings. The van der Waals surface area contributed by atoms with Crippen LogP contribution in [-0.4, -0.2) is 37.5 Å². The molecule has 1 aliphatic heterocycles. The highest BCUT2D eigenvalue weighted by atomic mass is 16.5. The summed E-state index contributed by atoms with van der Waals surface area (Å²) in [5.74, 6) is 0.603. The number of carbonyl (C=O) groups is 2. The molecular formula is C26H26N2O4. The Morgan fingerprint density at radius 2 is 1.62 bits per heavy atom. The van der Waals surface area contributed by atoms with E-state index in [-0.39, 0.29) is 11.8 Å². The van der Waals surface area contributed by atoms with E-state index < -0.39 is 12.0 Å². The molecule has 0 aliphatic carbocycles. The lowest BCUT2D eigenvalue weighted by Gasteiger charge is -2.39. The van der Waals surface area contributed by atoms with Crippen molar-refractivity contribution in [2.24, 2.45) is 0 Å². The predicted molar refractivity (Wildman–Crippen MR) is 123 cm³/mol. The maximum absolute atomic E-state index is 13.6. The van der Waals surface area contributed by atoms with Gasteiger partial charge in [-0.15, -0.1) is 0 Å². The molecule has 0 saturated heterocycles. The van der Waals surface area contributed by atoms with Crippen LogP contribution < -0.4 is 14.8 Å². The SMILES string of the molecule is CCOc1ccc(NC(=O)[C@@H]2c3ccccc3C(=O)N(C)[C@@H]2c2ccc(OC)cc2)cc1. The third kappa shape index (κ3) is 4.04. The van der Waals surface area contributed by atoms with Crippen LogP contribution in [-0.2, 0) is 4.79 Å². The summed E-state index contributed by atoms with van der Waals surface area (Å²) in [6.45, 7) is 2.50. The standard InChI is InChI=1S/C26H26N2O4/c1-4-32-20-15-11-18(12-16-20)27-25(29)23-21-7-5-6-8-22(21)26(30)28(2)24(23)17-9-13-19(31-3)14-10-17/h5-16,23-24H,4H2,1-3H3,(H,27,29)/t23-,24-/m1/s1. The number of fused-ring (bicyclic) bond motifs is 1. The number of amides is 2. The molecular weight excluding hydrogens is 404 g/mol. The van der Waals surface area contributed by atoms with E-state index in [1.54, 1.807) is 25.1 Å². The summed E-state index contributed by atoms with van der Waals surface area (Å²) in [7, 11) is 3.35. The Morgan fingerprint density at radius 3 is 2.28 bits per heavy atom. The number of nitrogens with one attached hydrogen (secondary N) is 1. The average molecular weight is 431 g/mol. The number of ether oxygens (including phenoxy) is 2. The second-order valence-corrected chi connectivity index (χ2v) is 7.65. The molecule has 0 aromatic heterocycles. The Hall–Kier alpha value is -3.80. The minimum absolute atomic E-state index is 0.105. The molecule has 164 valence electrons. The van der Waals surface area contributed by atoms with Gasteiger partial charge in [-0.2, -0.15) is 0 Å². The van der Waals surface area contributed by atoms with Crippen molar-refractivity contribution in [1.82, 2.24) is 4.90 Å². The number of rotatable bonds is 6. The molecule has 0 fully saturated rings. The van der Waals surface area contributed by atoms with E-state index in [4.69, 9.17) is 9.47 Å². The van der Waals surface area contributed by atoms with E-state index >= 15 is 0 Å². The number of likely N-dealkylation sites (N-methyl/N-ethyl adjacent to an activating group) is 1. The van der Waals surface area contributed by atoms with Crippen LogP contribution in [0, 0.1) is 0 Å². The molecule has 0 bridgehead atoms. The van der Waals surface area contributed by atoms with Crippen molar-refractivity contribution in [1.29, 1.82) is 0 Å². The molecule has 32 heavy (non-hydrogen) atoms. The highest BCUT2D eigenvalue weighted by Gasteiger charge is 2.42. The normalized spacial score (nSPS) is 17.5. The first-order chi connectivity index (χ1) is 15.5. The molecule has 0 radical (unpaired) electrons. The van der Waals surface area contributed by atoms with E-state index in [1.165, 1.54) is 0 Å². The van der Waals surface area contributed by atoms with Gasteiger partial charge in [0, 0.05) is 18.3 Å². The van der Waals surface area contributed by atoms with E-state index in [0.29, 0.717) is 23.6 Å². The van der Waals surface area contributed by atoms with E-state index in [2.05, 4.69) is 5.32 Å². The summed E-state index contributed by atoms with van der Waals surface area (Å²) in [6.07, 6.45) is 0. The van der Waals surface area contributed by atoms with Gasteiger partial charge in [0.1, 0.15) is 11.5 Å². The summed E-state index contributed by atoms with van der Waals surface area (Å²) in [5.41, 5.74) is 2.80. The van der Waals surface area contributed by atoms with E-state index in [9.17, 15) is 9.59 Å². The smallest absolute Gasteiger partial charge is 0.254 e. The van der Waals surface area contributed by atoms with Gasteiger partial charge >= 0.3 is 0 Å².